The molecule has 4 rings (SSSR count). The first-order chi connectivity index (χ1) is 12.0. The molecule has 1 saturated carbocycles. The predicted octanol–water partition coefficient (Wildman–Crippen LogP) is 5.06. The lowest BCUT2D eigenvalue weighted by molar-refractivity contribution is 0.00535. The monoisotopic (exact) mass is 409 g/mol. The Morgan fingerprint density at radius 1 is 1.16 bits per heavy atom. The minimum Gasteiger partial charge on any atom is -0.382 e. The summed E-state index contributed by atoms with van der Waals surface area (Å²) in [6, 6.07) is 8.81. The molecule has 1 aromatic heterocycles. The average Bonchev–Trinajstić information content (AvgIpc) is 2.96. The molecule has 0 amide bonds. The van der Waals surface area contributed by atoms with E-state index in [1.807, 2.05) is 29.3 Å². The van der Waals surface area contributed by atoms with Gasteiger partial charge in [-0.25, -0.2) is 8.78 Å². The maximum atomic E-state index is 13.4. The molecule has 6 heteroatoms. The van der Waals surface area contributed by atoms with Gasteiger partial charge < -0.3 is 5.32 Å². The zero-order valence-corrected chi connectivity index (χ0v) is 15.6. The van der Waals surface area contributed by atoms with Crippen molar-refractivity contribution in [1.82, 2.24) is 9.88 Å². The molecule has 1 N–H and O–H groups in total. The standard InChI is InChI=1S/C19H22BrF2N3/c20-13-1-6-17-16(11-13)18(7-9-23-17)24-14-2-4-15(5-3-14)25-10-8-19(21,22)12-25/h1,6-7,9,11,14-15H,2-5,8,10,12H2,(H,23,24). The zero-order chi connectivity index (χ0) is 17.4. The fraction of sp³-hybridized carbons (Fsp3) is 0.526. The first kappa shape index (κ1) is 17.2. The normalized spacial score (nSPS) is 26.8. The van der Waals surface area contributed by atoms with Gasteiger partial charge in [-0.3, -0.25) is 9.88 Å². The van der Waals surface area contributed by atoms with Crippen LogP contribution < -0.4 is 5.32 Å². The lowest BCUT2D eigenvalue weighted by Gasteiger charge is -2.35. The number of anilines is 1. The van der Waals surface area contributed by atoms with Crippen LogP contribution in [0.15, 0.2) is 34.9 Å². The highest BCUT2D eigenvalue weighted by Gasteiger charge is 2.41. The summed E-state index contributed by atoms with van der Waals surface area (Å²) in [5.41, 5.74) is 2.07. The van der Waals surface area contributed by atoms with Crippen LogP contribution in [0.3, 0.4) is 0 Å². The molecule has 1 aromatic carbocycles. The lowest BCUT2D eigenvalue weighted by atomic mass is 9.90. The summed E-state index contributed by atoms with van der Waals surface area (Å²) in [5, 5.41) is 4.76. The van der Waals surface area contributed by atoms with Gasteiger partial charge in [0.05, 0.1) is 12.1 Å². The maximum absolute atomic E-state index is 13.4. The van der Waals surface area contributed by atoms with E-state index in [0.717, 1.165) is 46.7 Å². The Morgan fingerprint density at radius 3 is 2.68 bits per heavy atom. The predicted molar refractivity (Wildman–Crippen MR) is 100 cm³/mol. The Labute approximate surface area is 154 Å². The van der Waals surface area contributed by atoms with Crippen molar-refractivity contribution in [2.45, 2.75) is 50.1 Å². The third-order valence-corrected chi connectivity index (χ3v) is 5.97. The number of rotatable bonds is 3. The minimum absolute atomic E-state index is 0.0169. The molecular formula is C19H22BrF2N3. The van der Waals surface area contributed by atoms with E-state index in [2.05, 4.69) is 32.3 Å². The molecule has 2 aromatic rings. The Morgan fingerprint density at radius 2 is 1.96 bits per heavy atom. The molecule has 0 radical (unpaired) electrons. The van der Waals surface area contributed by atoms with Gasteiger partial charge in [0.1, 0.15) is 0 Å². The van der Waals surface area contributed by atoms with Gasteiger partial charge in [0.2, 0.25) is 0 Å². The molecule has 25 heavy (non-hydrogen) atoms. The minimum atomic E-state index is -2.49. The zero-order valence-electron chi connectivity index (χ0n) is 14.0. The number of likely N-dealkylation sites (tertiary alicyclic amines) is 1. The number of benzene rings is 1. The highest BCUT2D eigenvalue weighted by Crippen LogP contribution is 2.34. The van der Waals surface area contributed by atoms with Crippen LogP contribution in [-0.2, 0) is 0 Å². The molecule has 0 unspecified atom stereocenters. The van der Waals surface area contributed by atoms with Crippen LogP contribution in [0.4, 0.5) is 14.5 Å². The highest BCUT2D eigenvalue weighted by atomic mass is 79.9. The van der Waals surface area contributed by atoms with Gasteiger partial charge in [-0.1, -0.05) is 15.9 Å². The van der Waals surface area contributed by atoms with Crippen LogP contribution in [-0.4, -0.2) is 41.0 Å². The van der Waals surface area contributed by atoms with Crippen LogP contribution >= 0.6 is 15.9 Å². The van der Waals surface area contributed by atoms with E-state index in [1.165, 1.54) is 0 Å². The van der Waals surface area contributed by atoms with Gasteiger partial charge in [-0.2, -0.15) is 0 Å². The number of aromatic nitrogens is 1. The van der Waals surface area contributed by atoms with E-state index in [9.17, 15) is 8.78 Å². The molecule has 134 valence electrons. The van der Waals surface area contributed by atoms with Crippen LogP contribution in [0, 0.1) is 0 Å². The van der Waals surface area contributed by atoms with Gasteiger partial charge >= 0.3 is 0 Å². The average molecular weight is 410 g/mol. The fourth-order valence-corrected chi connectivity index (χ4v) is 4.48. The first-order valence-electron chi connectivity index (χ1n) is 8.93. The number of hydrogen-bond donors (Lipinski definition) is 1. The van der Waals surface area contributed by atoms with Crippen molar-refractivity contribution >= 4 is 32.5 Å². The molecular weight excluding hydrogens is 388 g/mol. The number of halogens is 3. The molecule has 0 atom stereocenters. The summed E-state index contributed by atoms with van der Waals surface area (Å²) >= 11 is 3.52. The van der Waals surface area contributed by atoms with Crippen molar-refractivity contribution in [3.8, 4) is 0 Å². The van der Waals surface area contributed by atoms with Crippen molar-refractivity contribution < 1.29 is 8.78 Å². The Kier molecular flexibility index (Phi) is 4.67. The second kappa shape index (κ2) is 6.80. The molecule has 1 aliphatic heterocycles. The van der Waals surface area contributed by atoms with Gasteiger partial charge in [0, 0.05) is 46.8 Å². The van der Waals surface area contributed by atoms with Crippen molar-refractivity contribution in [1.29, 1.82) is 0 Å². The van der Waals surface area contributed by atoms with E-state index in [0.29, 0.717) is 18.6 Å². The third-order valence-electron chi connectivity index (χ3n) is 5.48. The maximum Gasteiger partial charge on any atom is 0.261 e. The summed E-state index contributed by atoms with van der Waals surface area (Å²) in [4.78, 5) is 6.41. The number of pyridine rings is 1. The van der Waals surface area contributed by atoms with Crippen molar-refractivity contribution in [3.05, 3.63) is 34.9 Å². The number of fused-ring (bicyclic) bond motifs is 1. The van der Waals surface area contributed by atoms with Gasteiger partial charge in [-0.05, 0) is 49.9 Å². The quantitative estimate of drug-likeness (QED) is 0.767. The van der Waals surface area contributed by atoms with Crippen LogP contribution in [0.2, 0.25) is 0 Å². The Balaban J connectivity index is 1.40. The molecule has 2 heterocycles. The molecule has 0 spiro atoms. The molecule has 3 nitrogen and oxygen atoms in total. The number of hydrogen-bond acceptors (Lipinski definition) is 3. The van der Waals surface area contributed by atoms with Gasteiger partial charge in [-0.15, -0.1) is 0 Å². The van der Waals surface area contributed by atoms with Crippen LogP contribution in [0.1, 0.15) is 32.1 Å². The number of alkyl halides is 2. The molecule has 1 aliphatic carbocycles. The highest BCUT2D eigenvalue weighted by molar-refractivity contribution is 9.10. The summed E-state index contributed by atoms with van der Waals surface area (Å²) < 4.78 is 27.9. The lowest BCUT2D eigenvalue weighted by Crippen LogP contribution is -2.40. The first-order valence-corrected chi connectivity index (χ1v) is 9.72. The number of nitrogens with one attached hydrogen (secondary N) is 1. The molecule has 1 saturated heterocycles. The molecule has 2 aliphatic rings. The largest absolute Gasteiger partial charge is 0.382 e. The van der Waals surface area contributed by atoms with E-state index in [1.54, 1.807) is 0 Å². The summed E-state index contributed by atoms with van der Waals surface area (Å²) in [6.07, 6.45) is 5.86. The van der Waals surface area contributed by atoms with E-state index in [4.69, 9.17) is 0 Å². The van der Waals surface area contributed by atoms with Crippen LogP contribution in [0.25, 0.3) is 10.9 Å². The molecule has 2 fully saturated rings. The van der Waals surface area contributed by atoms with E-state index < -0.39 is 5.92 Å². The fourth-order valence-electron chi connectivity index (χ4n) is 4.12. The Hall–Kier alpha value is -1.27. The van der Waals surface area contributed by atoms with Gasteiger partial charge in [0.25, 0.3) is 5.92 Å². The summed E-state index contributed by atoms with van der Waals surface area (Å²) in [5.74, 6) is -2.49. The van der Waals surface area contributed by atoms with E-state index >= 15 is 0 Å². The smallest absolute Gasteiger partial charge is 0.261 e. The van der Waals surface area contributed by atoms with Crippen molar-refractivity contribution in [2.24, 2.45) is 0 Å². The van der Waals surface area contributed by atoms with Gasteiger partial charge in [0.15, 0.2) is 0 Å². The topological polar surface area (TPSA) is 28.2 Å². The second-order valence-electron chi connectivity index (χ2n) is 7.25. The SMILES string of the molecule is FC1(F)CCN(C2CCC(Nc3ccnc4ccc(Br)cc34)CC2)C1. The van der Waals surface area contributed by atoms with Crippen LogP contribution in [0.5, 0.6) is 0 Å². The van der Waals surface area contributed by atoms with Crippen molar-refractivity contribution in [3.63, 3.8) is 0 Å². The number of nitrogens with zero attached hydrogens (tertiary/aromatic N) is 2. The second-order valence-corrected chi connectivity index (χ2v) is 8.16. The molecule has 0 bridgehead atoms. The third kappa shape index (κ3) is 3.80. The summed E-state index contributed by atoms with van der Waals surface area (Å²) in [6.45, 7) is 0.484. The Bertz CT molecular complexity index is 759. The van der Waals surface area contributed by atoms with Crippen molar-refractivity contribution in [2.75, 3.05) is 18.4 Å². The summed E-state index contributed by atoms with van der Waals surface area (Å²) in [7, 11) is 0. The van der Waals surface area contributed by atoms with E-state index in [-0.39, 0.29) is 13.0 Å².